The second-order valence-electron chi connectivity index (χ2n) is 5.81. The molecule has 0 spiro atoms. The first-order valence-corrected chi connectivity index (χ1v) is 9.69. The number of hydrogen-bond acceptors (Lipinski definition) is 6. The Hall–Kier alpha value is -2.46. The van der Waals surface area contributed by atoms with Crippen molar-refractivity contribution in [2.75, 3.05) is 4.72 Å². The molecule has 25 heavy (non-hydrogen) atoms. The fourth-order valence-electron chi connectivity index (χ4n) is 2.38. The molecule has 3 aromatic heterocycles. The molecule has 0 aliphatic heterocycles. The van der Waals surface area contributed by atoms with Crippen LogP contribution in [-0.2, 0) is 10.0 Å². The molecule has 0 bridgehead atoms. The molecule has 0 aromatic carbocycles. The van der Waals surface area contributed by atoms with Gasteiger partial charge < -0.3 is 5.11 Å². The number of sulfonamides is 1. The number of aryl methyl sites for hydroxylation is 1. The average Bonchev–Trinajstić information content (AvgIpc) is 3.10. The molecule has 0 unspecified atom stereocenters. The van der Waals surface area contributed by atoms with Crippen molar-refractivity contribution in [3.63, 3.8) is 0 Å². The summed E-state index contributed by atoms with van der Waals surface area (Å²) in [7, 11) is -3.89. The molecular formula is C15H16N4O4S2. The van der Waals surface area contributed by atoms with Crippen LogP contribution >= 0.6 is 11.3 Å². The Kier molecular flexibility index (Phi) is 4.25. The van der Waals surface area contributed by atoms with Gasteiger partial charge in [0.1, 0.15) is 9.09 Å². The van der Waals surface area contributed by atoms with E-state index in [-0.39, 0.29) is 15.1 Å². The highest BCUT2D eigenvalue weighted by molar-refractivity contribution is 7.94. The van der Waals surface area contributed by atoms with E-state index in [4.69, 9.17) is 5.11 Å². The van der Waals surface area contributed by atoms with Crippen molar-refractivity contribution >= 4 is 44.1 Å². The second kappa shape index (κ2) is 6.12. The van der Waals surface area contributed by atoms with Crippen LogP contribution in [0.5, 0.6) is 0 Å². The predicted octanol–water partition coefficient (Wildman–Crippen LogP) is 2.88. The number of aromatic nitrogens is 3. The van der Waals surface area contributed by atoms with Gasteiger partial charge in [-0.2, -0.15) is 5.10 Å². The number of thiophene rings is 1. The van der Waals surface area contributed by atoms with Gasteiger partial charge in [0.15, 0.2) is 5.65 Å². The fourth-order valence-corrected chi connectivity index (χ4v) is 4.79. The molecular weight excluding hydrogens is 364 g/mol. The molecule has 0 aliphatic carbocycles. The molecule has 132 valence electrons. The molecule has 2 N–H and O–H groups in total. The van der Waals surface area contributed by atoms with E-state index in [1.54, 1.807) is 23.9 Å². The number of carboxylic acids is 1. The van der Waals surface area contributed by atoms with Crippen LogP contribution in [0.4, 0.5) is 5.69 Å². The topological polar surface area (TPSA) is 114 Å². The summed E-state index contributed by atoms with van der Waals surface area (Å²) in [5, 5.41) is 14.0. The molecule has 3 rings (SSSR count). The maximum Gasteiger partial charge on any atom is 0.346 e. The third-order valence-electron chi connectivity index (χ3n) is 3.53. The number of nitrogens with zero attached hydrogens (tertiary/aromatic N) is 3. The summed E-state index contributed by atoms with van der Waals surface area (Å²) in [6, 6.07) is 3.12. The highest BCUT2D eigenvalue weighted by atomic mass is 32.2. The Morgan fingerprint density at radius 2 is 2.04 bits per heavy atom. The zero-order chi connectivity index (χ0) is 18.4. The minimum absolute atomic E-state index is 0.00663. The van der Waals surface area contributed by atoms with Crippen molar-refractivity contribution in [2.45, 2.75) is 31.0 Å². The van der Waals surface area contributed by atoms with E-state index < -0.39 is 16.0 Å². The van der Waals surface area contributed by atoms with E-state index in [1.165, 1.54) is 12.3 Å². The highest BCUT2D eigenvalue weighted by Gasteiger charge is 2.22. The van der Waals surface area contributed by atoms with Gasteiger partial charge in [-0.05, 0) is 38.5 Å². The van der Waals surface area contributed by atoms with E-state index in [0.29, 0.717) is 22.3 Å². The van der Waals surface area contributed by atoms with Crippen molar-refractivity contribution in [1.82, 2.24) is 14.8 Å². The van der Waals surface area contributed by atoms with Gasteiger partial charge >= 0.3 is 5.97 Å². The van der Waals surface area contributed by atoms with Gasteiger partial charge in [-0.1, -0.05) is 0 Å². The zero-order valence-corrected chi connectivity index (χ0v) is 15.3. The average molecular weight is 380 g/mol. The number of aromatic carboxylic acids is 1. The van der Waals surface area contributed by atoms with Gasteiger partial charge in [-0.25, -0.2) is 22.9 Å². The standard InChI is InChI=1S/C15H16N4O4S2/c1-8(2)19-14-10(6-17-19)5-11(7-16-14)18-25(22,23)12-4-9(3)13(24-12)15(20)21/h4-8,18H,1-3H3,(H,20,21). The van der Waals surface area contributed by atoms with Gasteiger partial charge in [-0.15, -0.1) is 11.3 Å². The third kappa shape index (κ3) is 3.22. The zero-order valence-electron chi connectivity index (χ0n) is 13.7. The summed E-state index contributed by atoms with van der Waals surface area (Å²) in [4.78, 5) is 15.4. The number of fused-ring (bicyclic) bond motifs is 1. The molecule has 0 atom stereocenters. The van der Waals surface area contributed by atoms with Crippen LogP contribution in [-0.4, -0.2) is 34.3 Å². The second-order valence-corrected chi connectivity index (χ2v) is 8.77. The number of carboxylic acid groups (broad SMARTS) is 1. The van der Waals surface area contributed by atoms with Crippen LogP contribution in [0.1, 0.15) is 35.1 Å². The number of nitrogens with one attached hydrogen (secondary N) is 1. The Labute approximate surface area is 148 Å². The summed E-state index contributed by atoms with van der Waals surface area (Å²) in [6.45, 7) is 5.51. The Morgan fingerprint density at radius 3 is 2.64 bits per heavy atom. The first-order chi connectivity index (χ1) is 11.7. The summed E-state index contributed by atoms with van der Waals surface area (Å²) < 4.78 is 29.1. The summed E-state index contributed by atoms with van der Waals surface area (Å²) in [6.07, 6.45) is 3.04. The molecule has 10 heteroatoms. The Bertz CT molecular complexity index is 1070. The maximum atomic E-state index is 12.5. The molecule has 0 radical (unpaired) electrons. The minimum Gasteiger partial charge on any atom is -0.477 e. The molecule has 0 fully saturated rings. The number of anilines is 1. The number of hydrogen-bond donors (Lipinski definition) is 2. The van der Waals surface area contributed by atoms with Crippen LogP contribution in [0.25, 0.3) is 11.0 Å². The molecule has 0 amide bonds. The number of carbonyl (C=O) groups is 1. The van der Waals surface area contributed by atoms with Crippen molar-refractivity contribution in [3.8, 4) is 0 Å². The van der Waals surface area contributed by atoms with Crippen molar-refractivity contribution < 1.29 is 18.3 Å². The fraction of sp³-hybridized carbons (Fsp3) is 0.267. The lowest BCUT2D eigenvalue weighted by atomic mass is 10.3. The van der Waals surface area contributed by atoms with Crippen LogP contribution < -0.4 is 4.72 Å². The molecule has 3 heterocycles. The van der Waals surface area contributed by atoms with E-state index in [9.17, 15) is 13.2 Å². The SMILES string of the molecule is Cc1cc(S(=O)(=O)Nc2cnc3c(cnn3C(C)C)c2)sc1C(=O)O. The van der Waals surface area contributed by atoms with Crippen LogP contribution in [0, 0.1) is 6.92 Å². The summed E-state index contributed by atoms with van der Waals surface area (Å²) >= 11 is 0.719. The molecule has 0 saturated carbocycles. The lowest BCUT2D eigenvalue weighted by Gasteiger charge is -2.08. The van der Waals surface area contributed by atoms with Crippen molar-refractivity contribution in [1.29, 1.82) is 0 Å². The molecule has 3 aromatic rings. The monoisotopic (exact) mass is 380 g/mol. The van der Waals surface area contributed by atoms with Gasteiger partial charge in [0.25, 0.3) is 10.0 Å². The summed E-state index contributed by atoms with van der Waals surface area (Å²) in [5.74, 6) is -1.15. The maximum absolute atomic E-state index is 12.5. The van der Waals surface area contributed by atoms with E-state index in [0.717, 1.165) is 11.3 Å². The Morgan fingerprint density at radius 1 is 1.32 bits per heavy atom. The predicted molar refractivity (Wildman–Crippen MR) is 94.7 cm³/mol. The first-order valence-electron chi connectivity index (χ1n) is 7.39. The van der Waals surface area contributed by atoms with E-state index in [1.807, 2.05) is 13.8 Å². The minimum atomic E-state index is -3.89. The van der Waals surface area contributed by atoms with E-state index in [2.05, 4.69) is 14.8 Å². The molecule has 0 aliphatic rings. The third-order valence-corrected chi connectivity index (χ3v) is 6.61. The van der Waals surface area contributed by atoms with Crippen molar-refractivity contribution in [2.24, 2.45) is 0 Å². The largest absolute Gasteiger partial charge is 0.477 e. The van der Waals surface area contributed by atoms with Crippen LogP contribution in [0.2, 0.25) is 0 Å². The summed E-state index contributed by atoms with van der Waals surface area (Å²) in [5.41, 5.74) is 1.36. The van der Waals surface area contributed by atoms with Gasteiger partial charge in [0.2, 0.25) is 0 Å². The quantitative estimate of drug-likeness (QED) is 0.703. The number of rotatable bonds is 5. The molecule has 0 saturated heterocycles. The smallest absolute Gasteiger partial charge is 0.346 e. The van der Waals surface area contributed by atoms with Gasteiger partial charge in [0, 0.05) is 11.4 Å². The van der Waals surface area contributed by atoms with E-state index >= 15 is 0 Å². The normalized spacial score (nSPS) is 12.0. The van der Waals surface area contributed by atoms with Crippen molar-refractivity contribution in [3.05, 3.63) is 35.0 Å². The number of pyridine rings is 1. The van der Waals surface area contributed by atoms with Gasteiger partial charge in [-0.3, -0.25) is 4.72 Å². The first kappa shape index (κ1) is 17.4. The molecule has 8 nitrogen and oxygen atoms in total. The lowest BCUT2D eigenvalue weighted by Crippen LogP contribution is -2.12. The van der Waals surface area contributed by atoms with Crippen LogP contribution in [0.3, 0.4) is 0 Å². The van der Waals surface area contributed by atoms with Crippen LogP contribution in [0.15, 0.2) is 28.7 Å². The highest BCUT2D eigenvalue weighted by Crippen LogP contribution is 2.28. The Balaban J connectivity index is 1.94. The van der Waals surface area contributed by atoms with Gasteiger partial charge in [0.05, 0.1) is 18.1 Å². The lowest BCUT2D eigenvalue weighted by molar-refractivity contribution is 0.0701.